The van der Waals surface area contributed by atoms with Crippen molar-refractivity contribution in [3.8, 4) is 17.2 Å². The molecule has 4 rings (SSSR count). The van der Waals surface area contributed by atoms with Crippen molar-refractivity contribution in [2.45, 2.75) is 50.7 Å². The Morgan fingerprint density at radius 3 is 2.41 bits per heavy atom. The van der Waals surface area contributed by atoms with Gasteiger partial charge in [0.25, 0.3) is 0 Å². The van der Waals surface area contributed by atoms with Crippen LogP contribution >= 0.6 is 0 Å². The maximum Gasteiger partial charge on any atom is 0.247 e. The van der Waals surface area contributed by atoms with Crippen LogP contribution in [0.25, 0.3) is 0 Å². The number of rotatable bonds is 11. The Balaban J connectivity index is 1.69. The summed E-state index contributed by atoms with van der Waals surface area (Å²) in [5, 5.41) is 13.4. The van der Waals surface area contributed by atoms with Crippen molar-refractivity contribution in [3.63, 3.8) is 0 Å². The highest BCUT2D eigenvalue weighted by atomic mass is 16.5. The molecule has 2 amide bonds. The van der Waals surface area contributed by atoms with Crippen LogP contribution in [0.15, 0.2) is 79.1 Å². The van der Waals surface area contributed by atoms with Crippen LogP contribution in [0.1, 0.15) is 59.6 Å². The summed E-state index contributed by atoms with van der Waals surface area (Å²) >= 11 is 0. The molecule has 9 nitrogen and oxygen atoms in total. The first-order valence-electron chi connectivity index (χ1n) is 13.6. The van der Waals surface area contributed by atoms with Crippen LogP contribution in [-0.4, -0.2) is 52.8 Å². The number of allylic oxidation sites excluding steroid dienone is 1. The maximum atomic E-state index is 13.9. The minimum absolute atomic E-state index is 0.0202. The Hall–Kier alpha value is -4.66. The second-order valence-corrected chi connectivity index (χ2v) is 9.89. The Morgan fingerprint density at radius 2 is 1.73 bits per heavy atom. The number of carbonyl (C=O) groups is 3. The van der Waals surface area contributed by atoms with Crippen molar-refractivity contribution >= 4 is 17.6 Å². The van der Waals surface area contributed by atoms with Gasteiger partial charge in [-0.25, -0.2) is 0 Å². The predicted octanol–water partition coefficient (Wildman–Crippen LogP) is 4.76. The third-order valence-corrected chi connectivity index (χ3v) is 7.20. The summed E-state index contributed by atoms with van der Waals surface area (Å²) in [5.74, 6) is -0.737. The lowest BCUT2D eigenvalue weighted by molar-refractivity contribution is -0.138. The Morgan fingerprint density at radius 1 is 1.00 bits per heavy atom. The van der Waals surface area contributed by atoms with E-state index in [1.54, 1.807) is 43.8 Å². The van der Waals surface area contributed by atoms with Gasteiger partial charge in [0.05, 0.1) is 26.3 Å². The van der Waals surface area contributed by atoms with Crippen molar-refractivity contribution < 1.29 is 29.0 Å². The van der Waals surface area contributed by atoms with Gasteiger partial charge in [-0.3, -0.25) is 19.4 Å². The molecule has 0 spiro atoms. The number of amides is 2. The topological polar surface area (TPSA) is 118 Å². The Kier molecular flexibility index (Phi) is 10.1. The van der Waals surface area contributed by atoms with E-state index in [9.17, 15) is 19.5 Å². The number of aromatic hydroxyl groups is 1. The number of benzene rings is 2. The van der Waals surface area contributed by atoms with Gasteiger partial charge in [0.1, 0.15) is 23.3 Å². The van der Waals surface area contributed by atoms with Gasteiger partial charge < -0.3 is 24.8 Å². The number of hydrogen-bond donors (Lipinski definition) is 2. The lowest BCUT2D eigenvalue weighted by Gasteiger charge is -2.33. The van der Waals surface area contributed by atoms with Gasteiger partial charge in [0.15, 0.2) is 5.78 Å². The quantitative estimate of drug-likeness (QED) is 0.258. The highest BCUT2D eigenvalue weighted by Gasteiger charge is 2.33. The van der Waals surface area contributed by atoms with E-state index in [4.69, 9.17) is 9.47 Å². The number of methoxy groups -OCH3 is 2. The van der Waals surface area contributed by atoms with E-state index in [2.05, 4.69) is 10.3 Å². The number of pyridine rings is 1. The normalized spacial score (nSPS) is 14.3. The minimum atomic E-state index is -0.994. The first-order chi connectivity index (χ1) is 19.9. The highest BCUT2D eigenvalue weighted by molar-refractivity contribution is 6.09. The molecule has 2 aromatic carbocycles. The van der Waals surface area contributed by atoms with Crippen molar-refractivity contribution in [2.75, 3.05) is 14.2 Å². The zero-order valence-corrected chi connectivity index (χ0v) is 23.3. The fourth-order valence-electron chi connectivity index (χ4n) is 5.04. The van der Waals surface area contributed by atoms with Crippen molar-refractivity contribution in [1.82, 2.24) is 15.2 Å². The van der Waals surface area contributed by atoms with Crippen LogP contribution in [0.5, 0.6) is 17.2 Å². The number of hydrogen-bond acceptors (Lipinski definition) is 7. The Bertz CT molecular complexity index is 1390. The molecular weight excluding hydrogens is 522 g/mol. The molecule has 1 heterocycles. The molecule has 1 aromatic heterocycles. The van der Waals surface area contributed by atoms with Crippen molar-refractivity contribution in [3.05, 3.63) is 95.8 Å². The van der Waals surface area contributed by atoms with E-state index >= 15 is 0 Å². The summed E-state index contributed by atoms with van der Waals surface area (Å²) in [5.41, 5.74) is 1.30. The summed E-state index contributed by atoms with van der Waals surface area (Å²) in [4.78, 5) is 46.1. The largest absolute Gasteiger partial charge is 0.507 e. The average Bonchev–Trinajstić information content (AvgIpc) is 3.00. The van der Waals surface area contributed by atoms with Crippen molar-refractivity contribution in [2.24, 2.45) is 0 Å². The van der Waals surface area contributed by atoms with Gasteiger partial charge in [0.2, 0.25) is 11.8 Å². The number of ether oxygens (including phenoxy) is 2. The molecule has 1 fully saturated rings. The third-order valence-electron chi connectivity index (χ3n) is 7.20. The number of nitrogens with zero attached hydrogens (tertiary/aromatic N) is 2. The second kappa shape index (κ2) is 14.1. The summed E-state index contributed by atoms with van der Waals surface area (Å²) in [7, 11) is 3.00. The van der Waals surface area contributed by atoms with Gasteiger partial charge in [-0.15, -0.1) is 0 Å². The molecule has 1 aliphatic carbocycles. The number of aromatic nitrogens is 1. The molecule has 9 heteroatoms. The first kappa shape index (κ1) is 29.3. The Labute approximate surface area is 239 Å². The molecule has 0 saturated heterocycles. The number of para-hydroxylation sites is 1. The van der Waals surface area contributed by atoms with Crippen molar-refractivity contribution in [1.29, 1.82) is 0 Å². The van der Waals surface area contributed by atoms with Gasteiger partial charge in [-0.2, -0.15) is 0 Å². The zero-order valence-electron chi connectivity index (χ0n) is 23.3. The van der Waals surface area contributed by atoms with E-state index < -0.39 is 17.7 Å². The van der Waals surface area contributed by atoms with Crippen LogP contribution in [0.2, 0.25) is 0 Å². The maximum absolute atomic E-state index is 13.9. The third kappa shape index (κ3) is 7.51. The van der Waals surface area contributed by atoms with Gasteiger partial charge >= 0.3 is 0 Å². The van der Waals surface area contributed by atoms with E-state index in [0.29, 0.717) is 22.6 Å². The molecule has 2 N–H and O–H groups in total. The SMILES string of the molecule is COc1ccc(C(=O)/C=C/C(=O)N(Cc2ccccc2OC)C(C(=O)NC2CCCCC2)c2ccncc2)c(O)c1. The molecule has 41 heavy (non-hydrogen) atoms. The van der Waals surface area contributed by atoms with Crippen LogP contribution in [0.4, 0.5) is 0 Å². The number of carbonyl (C=O) groups excluding carboxylic acids is 3. The number of nitrogens with one attached hydrogen (secondary N) is 1. The van der Waals surface area contributed by atoms with E-state index in [1.165, 1.54) is 24.1 Å². The summed E-state index contributed by atoms with van der Waals surface area (Å²) in [6.07, 6.45) is 10.4. The number of ketones is 1. The molecule has 0 bridgehead atoms. The highest BCUT2D eigenvalue weighted by Crippen LogP contribution is 2.29. The summed E-state index contributed by atoms with van der Waals surface area (Å²) in [6.45, 7) is 0.0419. The molecule has 1 saturated carbocycles. The lowest BCUT2D eigenvalue weighted by Crippen LogP contribution is -2.46. The van der Waals surface area contributed by atoms with E-state index in [0.717, 1.165) is 44.3 Å². The number of phenols is 1. The van der Waals surface area contributed by atoms with E-state index in [1.807, 2.05) is 18.2 Å². The summed E-state index contributed by atoms with van der Waals surface area (Å²) < 4.78 is 10.6. The average molecular weight is 558 g/mol. The first-order valence-corrected chi connectivity index (χ1v) is 13.6. The van der Waals surface area contributed by atoms with Crippen LogP contribution in [0, 0.1) is 0 Å². The molecule has 0 aliphatic heterocycles. The molecule has 214 valence electrons. The van der Waals surface area contributed by atoms with E-state index in [-0.39, 0.29) is 29.8 Å². The minimum Gasteiger partial charge on any atom is -0.507 e. The molecule has 0 radical (unpaired) electrons. The monoisotopic (exact) mass is 557 g/mol. The fourth-order valence-corrected chi connectivity index (χ4v) is 5.04. The molecule has 1 atom stereocenters. The van der Waals surface area contributed by atoms with Gasteiger partial charge in [0, 0.05) is 36.1 Å². The zero-order chi connectivity index (χ0) is 29.2. The molecule has 1 aliphatic rings. The number of phenolic OH excluding ortho intramolecular Hbond substituents is 1. The van der Waals surface area contributed by atoms with Crippen LogP contribution < -0.4 is 14.8 Å². The van der Waals surface area contributed by atoms with Gasteiger partial charge in [-0.1, -0.05) is 37.5 Å². The summed E-state index contributed by atoms with van der Waals surface area (Å²) in [6, 6.07) is 14.0. The van der Waals surface area contributed by atoms with Gasteiger partial charge in [-0.05, 0) is 54.8 Å². The fraction of sp³-hybridized carbons (Fsp3) is 0.312. The molecule has 1 unspecified atom stereocenters. The predicted molar refractivity (Wildman–Crippen MR) is 154 cm³/mol. The van der Waals surface area contributed by atoms with Crippen LogP contribution in [-0.2, 0) is 16.1 Å². The second-order valence-electron chi connectivity index (χ2n) is 9.89. The molecule has 3 aromatic rings. The lowest BCUT2D eigenvalue weighted by atomic mass is 9.94. The standard InChI is InChI=1S/C32H35N3O6/c1-40-25-12-13-26(28(37)20-25)27(36)14-15-30(38)35(21-23-8-6-7-11-29(23)41-2)31(22-16-18-33-19-17-22)32(39)34-24-9-4-3-5-10-24/h6-8,11-20,24,31,37H,3-5,9-10,21H2,1-2H3,(H,34,39)/b15-14+. The van der Waals surface area contributed by atoms with Crippen LogP contribution in [0.3, 0.4) is 0 Å². The smallest absolute Gasteiger partial charge is 0.247 e. The molecular formula is C32H35N3O6.